The van der Waals surface area contributed by atoms with E-state index in [4.69, 9.17) is 5.73 Å². The Kier molecular flexibility index (Phi) is 5.77. The normalized spacial score (nSPS) is 18.1. The second-order valence-electron chi connectivity index (χ2n) is 6.70. The lowest BCUT2D eigenvalue weighted by molar-refractivity contribution is -0.133. The minimum Gasteiger partial charge on any atom is -0.341 e. The molecule has 1 fully saturated rings. The molecule has 0 bridgehead atoms. The van der Waals surface area contributed by atoms with Crippen LogP contribution in [0.25, 0.3) is 0 Å². The van der Waals surface area contributed by atoms with Gasteiger partial charge in [0.25, 0.3) is 5.91 Å². The Labute approximate surface area is 138 Å². The van der Waals surface area contributed by atoms with E-state index in [9.17, 15) is 9.59 Å². The van der Waals surface area contributed by atoms with Gasteiger partial charge < -0.3 is 15.5 Å². The molecule has 23 heavy (non-hydrogen) atoms. The van der Waals surface area contributed by atoms with E-state index >= 15 is 0 Å². The van der Waals surface area contributed by atoms with E-state index in [1.807, 2.05) is 43.0 Å². The van der Waals surface area contributed by atoms with Crippen molar-refractivity contribution in [1.29, 1.82) is 0 Å². The van der Waals surface area contributed by atoms with Crippen molar-refractivity contribution in [2.24, 2.45) is 11.7 Å². The Morgan fingerprint density at radius 2 is 1.96 bits per heavy atom. The summed E-state index contributed by atoms with van der Waals surface area (Å²) >= 11 is 0. The van der Waals surface area contributed by atoms with E-state index in [2.05, 4.69) is 0 Å². The Hall–Kier alpha value is -1.88. The van der Waals surface area contributed by atoms with Gasteiger partial charge >= 0.3 is 0 Å². The van der Waals surface area contributed by atoms with Gasteiger partial charge in [-0.25, -0.2) is 0 Å². The summed E-state index contributed by atoms with van der Waals surface area (Å²) in [6, 6.07) is 7.60. The van der Waals surface area contributed by atoms with Crippen LogP contribution < -0.4 is 5.73 Å². The molecule has 1 heterocycles. The fourth-order valence-corrected chi connectivity index (χ4v) is 2.92. The predicted octanol–water partition coefficient (Wildman–Crippen LogP) is 1.86. The molecule has 1 unspecified atom stereocenters. The first-order valence-electron chi connectivity index (χ1n) is 8.27. The molecule has 1 saturated heterocycles. The van der Waals surface area contributed by atoms with E-state index in [1.165, 1.54) is 0 Å². The lowest BCUT2D eigenvalue weighted by Crippen LogP contribution is -2.45. The molecule has 1 aliphatic heterocycles. The van der Waals surface area contributed by atoms with Crippen molar-refractivity contribution in [3.05, 3.63) is 35.4 Å². The van der Waals surface area contributed by atoms with Gasteiger partial charge in [-0.1, -0.05) is 26.0 Å². The highest BCUT2D eigenvalue weighted by molar-refractivity contribution is 5.94. The molecule has 0 saturated carbocycles. The highest BCUT2D eigenvalue weighted by Crippen LogP contribution is 2.14. The number of hydrogen-bond donors (Lipinski definition) is 1. The van der Waals surface area contributed by atoms with Crippen LogP contribution in [-0.4, -0.2) is 47.8 Å². The highest BCUT2D eigenvalue weighted by atomic mass is 16.2. The van der Waals surface area contributed by atoms with Gasteiger partial charge in [-0.3, -0.25) is 9.59 Å². The number of likely N-dealkylation sites (tertiary alicyclic amines) is 1. The molecule has 0 radical (unpaired) electrons. The van der Waals surface area contributed by atoms with Gasteiger partial charge in [-0.2, -0.15) is 0 Å². The fraction of sp³-hybridized carbons (Fsp3) is 0.556. The molecule has 2 N–H and O–H groups in total. The summed E-state index contributed by atoms with van der Waals surface area (Å²) in [5, 5.41) is 0. The maximum absolute atomic E-state index is 12.5. The zero-order valence-electron chi connectivity index (χ0n) is 14.3. The number of piperidine rings is 1. The average molecular weight is 317 g/mol. The van der Waals surface area contributed by atoms with E-state index < -0.39 is 0 Å². The van der Waals surface area contributed by atoms with Gasteiger partial charge in [0.05, 0.1) is 0 Å². The molecule has 0 spiro atoms. The van der Waals surface area contributed by atoms with Crippen LogP contribution in [0.4, 0.5) is 0 Å². The van der Waals surface area contributed by atoms with Crippen molar-refractivity contribution in [1.82, 2.24) is 9.80 Å². The summed E-state index contributed by atoms with van der Waals surface area (Å²) in [7, 11) is 1.80. The summed E-state index contributed by atoms with van der Waals surface area (Å²) in [5.74, 6) is 0.148. The maximum Gasteiger partial charge on any atom is 0.253 e. The summed E-state index contributed by atoms with van der Waals surface area (Å²) in [6.45, 7) is 5.75. The molecule has 1 aliphatic rings. The number of benzene rings is 1. The largest absolute Gasteiger partial charge is 0.341 e. The molecule has 0 aliphatic carbocycles. The number of amides is 2. The first-order chi connectivity index (χ1) is 10.9. The molecule has 1 atom stereocenters. The van der Waals surface area contributed by atoms with E-state index in [-0.39, 0.29) is 23.8 Å². The number of hydrogen-bond acceptors (Lipinski definition) is 3. The number of carbonyl (C=O) groups is 2. The molecule has 5 heteroatoms. The van der Waals surface area contributed by atoms with Crippen LogP contribution in [0.2, 0.25) is 0 Å². The third-order valence-electron chi connectivity index (χ3n) is 4.24. The number of nitrogens with two attached hydrogens (primary N) is 1. The molecule has 5 nitrogen and oxygen atoms in total. The van der Waals surface area contributed by atoms with Crippen LogP contribution in [0.1, 0.15) is 42.6 Å². The molecule has 0 aromatic heterocycles. The van der Waals surface area contributed by atoms with E-state index in [1.54, 1.807) is 11.9 Å². The molecule has 2 rings (SSSR count). The number of nitrogens with zero attached hydrogens (tertiary/aromatic N) is 2. The first kappa shape index (κ1) is 17.5. The summed E-state index contributed by atoms with van der Waals surface area (Å²) in [5.41, 5.74) is 7.64. The minimum atomic E-state index is -0.0100. The number of carbonyl (C=O) groups excluding carboxylic acids is 2. The van der Waals surface area contributed by atoms with Crippen LogP contribution in [0, 0.1) is 5.92 Å². The molecule has 1 aromatic rings. The zero-order valence-corrected chi connectivity index (χ0v) is 14.3. The van der Waals surface area contributed by atoms with E-state index in [0.29, 0.717) is 18.7 Å². The lowest BCUT2D eigenvalue weighted by Gasteiger charge is -2.30. The van der Waals surface area contributed by atoms with Gasteiger partial charge in [0.2, 0.25) is 5.91 Å². The third kappa shape index (κ3) is 4.55. The molecular formula is C18H27N3O2. The van der Waals surface area contributed by atoms with Crippen LogP contribution in [0.3, 0.4) is 0 Å². The maximum atomic E-state index is 12.5. The van der Waals surface area contributed by atoms with Gasteiger partial charge in [0.1, 0.15) is 0 Å². The van der Waals surface area contributed by atoms with Crippen molar-refractivity contribution in [2.45, 2.75) is 39.3 Å². The van der Waals surface area contributed by atoms with Crippen molar-refractivity contribution >= 4 is 11.8 Å². The van der Waals surface area contributed by atoms with Crippen LogP contribution in [0.5, 0.6) is 0 Å². The van der Waals surface area contributed by atoms with Crippen LogP contribution >= 0.6 is 0 Å². The Balaban J connectivity index is 1.99. The lowest BCUT2D eigenvalue weighted by atomic mass is 10.0. The topological polar surface area (TPSA) is 66.6 Å². The average Bonchev–Trinajstić information content (AvgIpc) is 2.54. The fourth-order valence-electron chi connectivity index (χ4n) is 2.92. The van der Waals surface area contributed by atoms with Gasteiger partial charge in [-0.05, 0) is 30.5 Å². The second-order valence-corrected chi connectivity index (χ2v) is 6.70. The molecule has 126 valence electrons. The highest BCUT2D eigenvalue weighted by Gasteiger charge is 2.22. The summed E-state index contributed by atoms with van der Waals surface area (Å²) < 4.78 is 0. The van der Waals surface area contributed by atoms with Crippen LogP contribution in [-0.2, 0) is 11.3 Å². The monoisotopic (exact) mass is 317 g/mol. The Morgan fingerprint density at radius 3 is 2.52 bits per heavy atom. The van der Waals surface area contributed by atoms with Gasteiger partial charge in [0.15, 0.2) is 0 Å². The van der Waals surface area contributed by atoms with Crippen molar-refractivity contribution in [3.63, 3.8) is 0 Å². The predicted molar refractivity (Wildman–Crippen MR) is 90.9 cm³/mol. The SMILES string of the molecule is CC(C)C(=O)N(C)Cc1ccc(C(=O)N2CCCC(N)C2)cc1. The smallest absolute Gasteiger partial charge is 0.253 e. The molecular weight excluding hydrogens is 290 g/mol. The van der Waals surface area contributed by atoms with Gasteiger partial charge in [-0.15, -0.1) is 0 Å². The van der Waals surface area contributed by atoms with Gasteiger partial charge in [0, 0.05) is 44.2 Å². The number of rotatable bonds is 4. The van der Waals surface area contributed by atoms with Crippen molar-refractivity contribution < 1.29 is 9.59 Å². The first-order valence-corrected chi connectivity index (χ1v) is 8.27. The standard InChI is InChI=1S/C18H27N3O2/c1-13(2)17(22)20(3)11-14-6-8-15(9-7-14)18(23)21-10-4-5-16(19)12-21/h6-9,13,16H,4-5,10-12,19H2,1-3H3. The summed E-state index contributed by atoms with van der Waals surface area (Å²) in [4.78, 5) is 27.9. The van der Waals surface area contributed by atoms with Crippen LogP contribution in [0.15, 0.2) is 24.3 Å². The third-order valence-corrected chi connectivity index (χ3v) is 4.24. The molecule has 2 amide bonds. The summed E-state index contributed by atoms with van der Waals surface area (Å²) in [6.07, 6.45) is 1.95. The Morgan fingerprint density at radius 1 is 1.30 bits per heavy atom. The Bertz CT molecular complexity index is 554. The van der Waals surface area contributed by atoms with Crippen molar-refractivity contribution in [2.75, 3.05) is 20.1 Å². The van der Waals surface area contributed by atoms with E-state index in [0.717, 1.165) is 24.9 Å². The second kappa shape index (κ2) is 7.59. The minimum absolute atomic E-state index is 0.0100. The zero-order chi connectivity index (χ0) is 17.0. The quantitative estimate of drug-likeness (QED) is 0.922. The molecule has 1 aromatic carbocycles. The van der Waals surface area contributed by atoms with Crippen molar-refractivity contribution in [3.8, 4) is 0 Å².